The number of rotatable bonds is 7. The van der Waals surface area contributed by atoms with E-state index in [-0.39, 0.29) is 11.3 Å². The minimum Gasteiger partial charge on any atom is -0.508 e. The largest absolute Gasteiger partial charge is 0.508 e. The van der Waals surface area contributed by atoms with Gasteiger partial charge in [-0.25, -0.2) is 0 Å². The fourth-order valence-corrected chi connectivity index (χ4v) is 5.28. The molecule has 11 N–H and O–H groups in total. The number of aliphatic hydroxyl groups is 7. The number of carbonyl (C=O) groups excluding carboxylic acids is 1. The van der Waals surface area contributed by atoms with Crippen LogP contribution in [0.5, 0.6) is 28.7 Å². The molecule has 0 bridgehead atoms. The summed E-state index contributed by atoms with van der Waals surface area (Å²) in [6.07, 6.45) is -20.5. The van der Waals surface area contributed by atoms with Crippen LogP contribution >= 0.6 is 0 Å². The highest BCUT2D eigenvalue weighted by atomic mass is 16.7. The first-order chi connectivity index (χ1) is 20.8. The number of hydrogen-bond donors (Lipinski definition) is 11. The van der Waals surface area contributed by atoms with Crippen LogP contribution in [-0.2, 0) is 18.9 Å². The maximum atomic E-state index is 13.7. The highest BCUT2D eigenvalue weighted by Gasteiger charge is 2.51. The second kappa shape index (κ2) is 12.6. The Morgan fingerprint density at radius 3 is 2.16 bits per heavy atom. The molecule has 242 valence electrons. The van der Waals surface area contributed by atoms with Crippen LogP contribution in [0.15, 0.2) is 30.3 Å². The summed E-state index contributed by atoms with van der Waals surface area (Å²) in [5, 5.41) is 112. The number of aliphatic hydroxyl groups excluding tert-OH is 7. The zero-order valence-electron chi connectivity index (χ0n) is 22.6. The molecule has 0 radical (unpaired) electrons. The average Bonchev–Trinajstić information content (AvgIpc) is 2.98. The van der Waals surface area contributed by atoms with Crippen LogP contribution in [0, 0.1) is 0 Å². The van der Waals surface area contributed by atoms with Gasteiger partial charge in [0.15, 0.2) is 36.3 Å². The first-order valence-electron chi connectivity index (χ1n) is 13.4. The van der Waals surface area contributed by atoms with E-state index in [0.717, 1.165) is 24.3 Å². The quantitative estimate of drug-likeness (QED) is 0.135. The van der Waals surface area contributed by atoms with E-state index in [1.807, 2.05) is 0 Å². The SMILES string of the molecule is O=C1c2c(O)cc(O)cc2O[C@@H](c2ccc(O)c(O)c2)[C@@H]1O[C@H]1[C@@H](O)[C@@H](CO)O[C@@H](OC[C@H]2O[C@@H](O)[C@H](O)[C@@H](O)[C@@H]2O)[C@@H]1O. The van der Waals surface area contributed by atoms with E-state index in [9.17, 15) is 61.0 Å². The number of ether oxygens (including phenoxy) is 5. The summed E-state index contributed by atoms with van der Waals surface area (Å²) in [6, 6.07) is 5.37. The van der Waals surface area contributed by atoms with Gasteiger partial charge in [-0.2, -0.15) is 0 Å². The number of phenols is 4. The normalized spacial score (nSPS) is 37.3. The second-order valence-corrected chi connectivity index (χ2v) is 10.6. The number of aromatic hydroxyl groups is 4. The van der Waals surface area contributed by atoms with Crippen molar-refractivity contribution in [2.75, 3.05) is 13.2 Å². The molecule has 0 spiro atoms. The van der Waals surface area contributed by atoms with E-state index in [1.54, 1.807) is 0 Å². The van der Waals surface area contributed by atoms with E-state index in [4.69, 9.17) is 23.7 Å². The number of hydrogen-bond acceptors (Lipinski definition) is 17. The Morgan fingerprint density at radius 1 is 0.750 bits per heavy atom. The van der Waals surface area contributed by atoms with Gasteiger partial charge in [0.05, 0.1) is 13.2 Å². The monoisotopic (exact) mass is 628 g/mol. The minimum atomic E-state index is -1.91. The van der Waals surface area contributed by atoms with Gasteiger partial charge in [-0.3, -0.25) is 4.79 Å². The van der Waals surface area contributed by atoms with Crippen LogP contribution in [0.1, 0.15) is 22.0 Å². The van der Waals surface area contributed by atoms with E-state index < -0.39 is 121 Å². The molecule has 17 nitrogen and oxygen atoms in total. The molecule has 17 heteroatoms. The number of phenolic OH excluding ortho intramolecular Hbond substituents is 4. The molecule has 3 aliphatic rings. The maximum Gasteiger partial charge on any atom is 0.203 e. The predicted molar refractivity (Wildman–Crippen MR) is 139 cm³/mol. The summed E-state index contributed by atoms with van der Waals surface area (Å²) in [7, 11) is 0. The summed E-state index contributed by atoms with van der Waals surface area (Å²) in [5.41, 5.74) is -0.338. The zero-order chi connectivity index (χ0) is 32.0. The van der Waals surface area contributed by atoms with Gasteiger partial charge < -0.3 is 79.9 Å². The lowest BCUT2D eigenvalue weighted by molar-refractivity contribution is -0.332. The fourth-order valence-electron chi connectivity index (χ4n) is 5.28. The molecule has 0 unspecified atom stereocenters. The lowest BCUT2D eigenvalue weighted by atomic mass is 9.91. The topological polar surface area (TPSA) is 286 Å². The molecule has 0 amide bonds. The van der Waals surface area contributed by atoms with E-state index in [1.165, 1.54) is 6.07 Å². The van der Waals surface area contributed by atoms with Crippen molar-refractivity contribution in [2.45, 2.75) is 73.6 Å². The van der Waals surface area contributed by atoms with E-state index >= 15 is 0 Å². The summed E-state index contributed by atoms with van der Waals surface area (Å²) in [4.78, 5) is 13.7. The Bertz CT molecular complexity index is 1350. The van der Waals surface area contributed by atoms with Crippen LogP contribution in [0.2, 0.25) is 0 Å². The lowest BCUT2D eigenvalue weighted by Crippen LogP contribution is -2.63. The minimum absolute atomic E-state index is 0.0671. The molecular weight excluding hydrogens is 596 g/mol. The number of benzene rings is 2. The van der Waals surface area contributed by atoms with Crippen LogP contribution in [0.4, 0.5) is 0 Å². The molecule has 2 aromatic carbocycles. The van der Waals surface area contributed by atoms with Gasteiger partial charge in [-0.15, -0.1) is 0 Å². The van der Waals surface area contributed by atoms with Crippen LogP contribution in [0.3, 0.4) is 0 Å². The summed E-state index contributed by atoms with van der Waals surface area (Å²) >= 11 is 0. The first-order valence-corrected chi connectivity index (χ1v) is 13.4. The van der Waals surface area contributed by atoms with Gasteiger partial charge in [0.2, 0.25) is 5.78 Å². The molecule has 3 aliphatic heterocycles. The van der Waals surface area contributed by atoms with E-state index in [0.29, 0.717) is 0 Å². The van der Waals surface area contributed by atoms with Crippen LogP contribution in [0.25, 0.3) is 0 Å². The molecule has 2 saturated heterocycles. The number of fused-ring (bicyclic) bond motifs is 1. The molecule has 2 fully saturated rings. The van der Waals surface area contributed by atoms with Crippen molar-refractivity contribution in [3.05, 3.63) is 41.5 Å². The molecule has 2 aromatic rings. The van der Waals surface area contributed by atoms with Crippen molar-refractivity contribution in [3.8, 4) is 28.7 Å². The van der Waals surface area contributed by atoms with Gasteiger partial charge >= 0.3 is 0 Å². The van der Waals surface area contributed by atoms with Gasteiger partial charge in [0.1, 0.15) is 71.6 Å². The van der Waals surface area contributed by atoms with Crippen molar-refractivity contribution >= 4 is 5.78 Å². The Morgan fingerprint density at radius 2 is 1.48 bits per heavy atom. The fraction of sp³-hybridized carbons (Fsp3) is 0.519. The van der Waals surface area contributed by atoms with Crippen LogP contribution < -0.4 is 4.74 Å². The molecule has 0 aromatic heterocycles. The molecule has 0 aliphatic carbocycles. The average molecular weight is 629 g/mol. The summed E-state index contributed by atoms with van der Waals surface area (Å²) < 4.78 is 27.7. The Kier molecular flexibility index (Phi) is 9.17. The van der Waals surface area contributed by atoms with E-state index in [2.05, 4.69) is 0 Å². The highest BCUT2D eigenvalue weighted by Crippen LogP contribution is 2.44. The third-order valence-electron chi connectivity index (χ3n) is 7.67. The second-order valence-electron chi connectivity index (χ2n) is 10.6. The van der Waals surface area contributed by atoms with Gasteiger partial charge in [-0.1, -0.05) is 6.07 Å². The standard InChI is InChI=1S/C27H32O17/c28-6-14-18(34)24(22(38)27(43-14)40-7-15-17(33)20(36)21(37)26(39)42-15)44-25-19(35)16-12(32)4-9(29)5-13(16)41-23(25)8-1-2-10(30)11(31)3-8/h1-5,14-15,17-18,20-34,36-39H,6-7H2/t14-,15-,17-,18+,20+,21-,22-,23+,24+,25-,26-,27-/m1/s1. The number of carbonyl (C=O) groups is 1. The zero-order valence-corrected chi connectivity index (χ0v) is 22.6. The molecule has 3 heterocycles. The molecule has 12 atom stereocenters. The third kappa shape index (κ3) is 5.87. The van der Waals surface area contributed by atoms with Crippen molar-refractivity contribution in [1.82, 2.24) is 0 Å². The number of ketones is 1. The summed E-state index contributed by atoms with van der Waals surface area (Å²) in [6.45, 7) is -1.47. The Labute approximate surface area is 247 Å². The number of Topliss-reactive ketones (excluding diaryl/α,β-unsaturated/α-hetero) is 1. The Hall–Kier alpha value is -3.33. The van der Waals surface area contributed by atoms with Crippen molar-refractivity contribution in [1.29, 1.82) is 0 Å². The molecule has 5 rings (SSSR count). The van der Waals surface area contributed by atoms with Crippen molar-refractivity contribution < 1.29 is 84.7 Å². The third-order valence-corrected chi connectivity index (χ3v) is 7.67. The highest BCUT2D eigenvalue weighted by molar-refractivity contribution is 6.05. The predicted octanol–water partition coefficient (Wildman–Crippen LogP) is -3.17. The van der Waals surface area contributed by atoms with Gasteiger partial charge in [0, 0.05) is 12.1 Å². The molecule has 0 saturated carbocycles. The van der Waals surface area contributed by atoms with Crippen LogP contribution in [-0.4, -0.2) is 143 Å². The first kappa shape index (κ1) is 32.1. The van der Waals surface area contributed by atoms with Gasteiger partial charge in [0.25, 0.3) is 0 Å². The molecule has 44 heavy (non-hydrogen) atoms. The van der Waals surface area contributed by atoms with Crippen molar-refractivity contribution in [2.24, 2.45) is 0 Å². The van der Waals surface area contributed by atoms with Crippen molar-refractivity contribution in [3.63, 3.8) is 0 Å². The molecular formula is C27H32O17. The smallest absolute Gasteiger partial charge is 0.203 e. The Balaban J connectivity index is 1.43. The summed E-state index contributed by atoms with van der Waals surface area (Å²) in [5.74, 6) is -3.38. The maximum absolute atomic E-state index is 13.7. The van der Waals surface area contributed by atoms with Gasteiger partial charge in [-0.05, 0) is 17.7 Å². The lowest BCUT2D eigenvalue weighted by Gasteiger charge is -2.45.